The van der Waals surface area contributed by atoms with E-state index in [1.807, 2.05) is 48.5 Å². The minimum Gasteiger partial charge on any atom is -0.494 e. The molecule has 0 spiro atoms. The lowest BCUT2D eigenvalue weighted by Crippen LogP contribution is -2.53. The molecule has 10 heteroatoms. The lowest BCUT2D eigenvalue weighted by atomic mass is 9.85. The number of rotatable bonds is 17. The SMILES string of the molecule is O=C(NNCCCCc1ccccc1)[C@@]1(CCS(=O)(=O)c2ccccc2)N=C(c2ccc(OCCCO)cc2)O[C@H]1c1ccccc1. The van der Waals surface area contributed by atoms with Crippen molar-refractivity contribution in [2.24, 2.45) is 4.99 Å². The zero-order chi connectivity index (χ0) is 33.0. The van der Waals surface area contributed by atoms with Gasteiger partial charge in [-0.2, -0.15) is 0 Å². The van der Waals surface area contributed by atoms with Crippen LogP contribution in [-0.2, 0) is 25.8 Å². The fraction of sp³-hybridized carbons (Fsp3) is 0.297. The number of amides is 1. The van der Waals surface area contributed by atoms with Crippen LogP contribution in [0.3, 0.4) is 0 Å². The van der Waals surface area contributed by atoms with Crippen LogP contribution in [-0.4, -0.2) is 56.4 Å². The van der Waals surface area contributed by atoms with Crippen molar-refractivity contribution in [2.75, 3.05) is 25.5 Å². The van der Waals surface area contributed by atoms with Crippen LogP contribution in [0.15, 0.2) is 125 Å². The van der Waals surface area contributed by atoms with Gasteiger partial charge < -0.3 is 14.6 Å². The summed E-state index contributed by atoms with van der Waals surface area (Å²) in [5, 5.41) is 9.05. The fourth-order valence-electron chi connectivity index (χ4n) is 5.47. The van der Waals surface area contributed by atoms with Gasteiger partial charge in [-0.3, -0.25) is 10.2 Å². The van der Waals surface area contributed by atoms with Gasteiger partial charge in [-0.15, -0.1) is 0 Å². The Morgan fingerprint density at radius 1 is 0.851 bits per heavy atom. The smallest absolute Gasteiger partial charge is 0.266 e. The van der Waals surface area contributed by atoms with Gasteiger partial charge in [-0.1, -0.05) is 78.9 Å². The van der Waals surface area contributed by atoms with Crippen LogP contribution in [0.4, 0.5) is 0 Å². The molecule has 5 rings (SSSR count). The number of nitrogens with zero attached hydrogens (tertiary/aromatic N) is 1. The summed E-state index contributed by atoms with van der Waals surface area (Å²) in [6.07, 6.45) is 2.21. The third kappa shape index (κ3) is 8.85. The van der Waals surface area contributed by atoms with Gasteiger partial charge in [0.1, 0.15) is 5.75 Å². The maximum Gasteiger partial charge on any atom is 0.266 e. The Morgan fingerprint density at radius 2 is 1.51 bits per heavy atom. The van der Waals surface area contributed by atoms with Gasteiger partial charge >= 0.3 is 0 Å². The van der Waals surface area contributed by atoms with Crippen LogP contribution in [0.25, 0.3) is 0 Å². The molecule has 0 saturated carbocycles. The van der Waals surface area contributed by atoms with E-state index in [0.717, 1.165) is 19.3 Å². The molecule has 4 aromatic carbocycles. The highest BCUT2D eigenvalue weighted by Gasteiger charge is 2.53. The maximum atomic E-state index is 14.2. The number of aryl methyl sites for hydroxylation is 1. The molecule has 2 atom stereocenters. The van der Waals surface area contributed by atoms with E-state index in [0.29, 0.717) is 36.4 Å². The summed E-state index contributed by atoms with van der Waals surface area (Å²) in [6, 6.07) is 34.8. The van der Waals surface area contributed by atoms with E-state index in [2.05, 4.69) is 23.0 Å². The fourth-order valence-corrected chi connectivity index (χ4v) is 6.86. The molecule has 0 aromatic heterocycles. The van der Waals surface area contributed by atoms with E-state index in [9.17, 15) is 13.2 Å². The Kier molecular flexibility index (Phi) is 11.8. The molecule has 0 aliphatic carbocycles. The molecule has 1 aliphatic heterocycles. The number of benzene rings is 4. The quantitative estimate of drug-likeness (QED) is 0.105. The van der Waals surface area contributed by atoms with E-state index >= 15 is 0 Å². The third-order valence-corrected chi connectivity index (χ3v) is 9.78. The minimum absolute atomic E-state index is 0.0380. The number of ether oxygens (including phenoxy) is 2. The van der Waals surface area contributed by atoms with Crippen molar-refractivity contribution in [3.05, 3.63) is 132 Å². The molecule has 0 unspecified atom stereocenters. The molecule has 3 N–H and O–H groups in total. The topological polar surface area (TPSA) is 126 Å². The Labute approximate surface area is 276 Å². The molecule has 1 amide bonds. The highest BCUT2D eigenvalue weighted by atomic mass is 32.2. The first kappa shape index (κ1) is 33.8. The van der Waals surface area contributed by atoms with Crippen LogP contribution < -0.4 is 15.6 Å². The largest absolute Gasteiger partial charge is 0.494 e. The number of carbonyl (C=O) groups is 1. The summed E-state index contributed by atoms with van der Waals surface area (Å²) in [5.41, 5.74) is 6.88. The highest BCUT2D eigenvalue weighted by molar-refractivity contribution is 7.91. The number of aliphatic hydroxyl groups is 1. The number of carbonyl (C=O) groups excluding carboxylic acids is 1. The molecule has 9 nitrogen and oxygen atoms in total. The zero-order valence-electron chi connectivity index (χ0n) is 26.3. The van der Waals surface area contributed by atoms with Gasteiger partial charge in [-0.05, 0) is 66.8 Å². The number of hydrogen-bond donors (Lipinski definition) is 3. The van der Waals surface area contributed by atoms with E-state index in [-0.39, 0.29) is 29.6 Å². The summed E-state index contributed by atoms with van der Waals surface area (Å²) in [4.78, 5) is 19.3. The van der Waals surface area contributed by atoms with Crippen LogP contribution in [0.2, 0.25) is 0 Å². The average Bonchev–Trinajstić information content (AvgIpc) is 3.51. The first-order valence-corrected chi connectivity index (χ1v) is 17.6. The molecule has 1 heterocycles. The number of nitrogens with one attached hydrogen (secondary N) is 2. The molecule has 1 aliphatic rings. The number of unbranched alkanes of at least 4 members (excludes halogenated alkanes) is 1. The van der Waals surface area contributed by atoms with Gasteiger partial charge in [0.05, 0.1) is 17.3 Å². The lowest BCUT2D eigenvalue weighted by Gasteiger charge is -2.30. The predicted octanol–water partition coefficient (Wildman–Crippen LogP) is 5.21. The second-order valence-corrected chi connectivity index (χ2v) is 13.5. The predicted molar refractivity (Wildman–Crippen MR) is 182 cm³/mol. The van der Waals surface area contributed by atoms with Gasteiger partial charge in [0.15, 0.2) is 21.5 Å². The Morgan fingerprint density at radius 3 is 2.19 bits per heavy atom. The summed E-state index contributed by atoms with van der Waals surface area (Å²) < 4.78 is 39.1. The molecule has 4 aromatic rings. The molecule has 0 radical (unpaired) electrons. The summed E-state index contributed by atoms with van der Waals surface area (Å²) >= 11 is 0. The lowest BCUT2D eigenvalue weighted by molar-refractivity contribution is -0.130. The Hall–Kier alpha value is -4.51. The second kappa shape index (κ2) is 16.4. The number of aliphatic hydroxyl groups excluding tert-OH is 1. The van der Waals surface area contributed by atoms with Crippen molar-refractivity contribution < 1.29 is 27.8 Å². The normalized spacial score (nSPS) is 17.5. The third-order valence-electron chi connectivity index (χ3n) is 8.05. The van der Waals surface area contributed by atoms with E-state index in [4.69, 9.17) is 19.6 Å². The van der Waals surface area contributed by atoms with Gasteiger partial charge in [0.25, 0.3) is 5.91 Å². The Bertz CT molecular complexity index is 1700. The number of hydrogen-bond acceptors (Lipinski definition) is 8. The second-order valence-electron chi connectivity index (χ2n) is 11.4. The minimum atomic E-state index is -3.74. The first-order valence-electron chi connectivity index (χ1n) is 15.9. The molecule has 0 bridgehead atoms. The van der Waals surface area contributed by atoms with E-state index in [1.54, 1.807) is 54.6 Å². The van der Waals surface area contributed by atoms with Crippen molar-refractivity contribution in [3.8, 4) is 5.75 Å². The van der Waals surface area contributed by atoms with Crippen molar-refractivity contribution >= 4 is 21.6 Å². The summed E-state index contributed by atoms with van der Waals surface area (Å²) in [7, 11) is -3.74. The highest BCUT2D eigenvalue weighted by Crippen LogP contribution is 2.43. The van der Waals surface area contributed by atoms with Crippen LogP contribution in [0, 0.1) is 0 Å². The van der Waals surface area contributed by atoms with Crippen LogP contribution in [0.1, 0.15) is 48.5 Å². The van der Waals surface area contributed by atoms with Gasteiger partial charge in [0, 0.05) is 31.6 Å². The summed E-state index contributed by atoms with van der Waals surface area (Å²) in [5.74, 6) is 0.0603. The molecule has 246 valence electrons. The number of hydrazine groups is 1. The molecular weight excluding hydrogens is 614 g/mol. The average molecular weight is 656 g/mol. The van der Waals surface area contributed by atoms with E-state index in [1.165, 1.54) is 5.56 Å². The number of sulfone groups is 1. The Balaban J connectivity index is 1.40. The van der Waals surface area contributed by atoms with Gasteiger partial charge in [-0.25, -0.2) is 18.8 Å². The van der Waals surface area contributed by atoms with Crippen molar-refractivity contribution in [1.82, 2.24) is 10.9 Å². The molecule has 47 heavy (non-hydrogen) atoms. The molecule has 0 saturated heterocycles. The van der Waals surface area contributed by atoms with Crippen LogP contribution in [0.5, 0.6) is 5.75 Å². The van der Waals surface area contributed by atoms with Crippen molar-refractivity contribution in [3.63, 3.8) is 0 Å². The zero-order valence-corrected chi connectivity index (χ0v) is 27.1. The monoisotopic (exact) mass is 655 g/mol. The van der Waals surface area contributed by atoms with E-state index < -0.39 is 27.4 Å². The molecular formula is C37H41N3O6S. The standard InChI is InChI=1S/C37H41N3O6S/c41-26-12-27-45-32-22-20-31(21-23-32)35-39-37(34(46-35)30-16-6-2-7-17-30,24-28-47(43,44)33-18-8-3-9-19-33)36(42)40-38-25-11-10-15-29-13-4-1-5-14-29/h1-9,13-14,16-23,34,38,41H,10-12,15,24-28H2,(H,40,42)/t34-,37-/m0/s1. The number of aliphatic imine (C=N–C) groups is 1. The maximum absolute atomic E-state index is 14.2. The molecule has 0 fully saturated rings. The van der Waals surface area contributed by atoms with Crippen LogP contribution >= 0.6 is 0 Å². The first-order chi connectivity index (χ1) is 22.9. The van der Waals surface area contributed by atoms with Gasteiger partial charge in [0.2, 0.25) is 5.90 Å². The van der Waals surface area contributed by atoms with Crippen molar-refractivity contribution in [2.45, 2.75) is 48.6 Å². The summed E-state index contributed by atoms with van der Waals surface area (Å²) in [6.45, 7) is 0.945. The van der Waals surface area contributed by atoms with Crippen molar-refractivity contribution in [1.29, 1.82) is 0 Å².